The van der Waals surface area contributed by atoms with Crippen LogP contribution in [0.25, 0.3) is 0 Å². The van der Waals surface area contributed by atoms with Crippen molar-refractivity contribution in [2.75, 3.05) is 26.2 Å². The number of carbonyl (C=O) groups excluding carboxylic acids is 2. The van der Waals surface area contributed by atoms with E-state index in [2.05, 4.69) is 18.8 Å². The molecule has 1 aliphatic heterocycles. The third-order valence-electron chi connectivity index (χ3n) is 4.64. The molecule has 1 aliphatic rings. The number of nitrogens with zero attached hydrogens (tertiary/aromatic N) is 3. The predicted molar refractivity (Wildman–Crippen MR) is 107 cm³/mol. The van der Waals surface area contributed by atoms with Crippen molar-refractivity contribution in [3.8, 4) is 0 Å². The van der Waals surface area contributed by atoms with E-state index in [1.54, 1.807) is 23.2 Å². The molecule has 1 fully saturated rings. The van der Waals surface area contributed by atoms with Gasteiger partial charge in [-0.3, -0.25) is 14.6 Å². The van der Waals surface area contributed by atoms with Gasteiger partial charge in [-0.05, 0) is 23.6 Å². The van der Waals surface area contributed by atoms with Crippen molar-refractivity contribution in [3.05, 3.63) is 66.0 Å². The van der Waals surface area contributed by atoms with Gasteiger partial charge in [-0.25, -0.2) is 0 Å². The number of rotatable bonds is 6. The number of hydrogen-bond donors (Lipinski definition) is 0. The maximum atomic E-state index is 12.9. The summed E-state index contributed by atoms with van der Waals surface area (Å²) < 4.78 is 6.12. The highest BCUT2D eigenvalue weighted by atomic mass is 16.5. The fourth-order valence-electron chi connectivity index (χ4n) is 3.32. The van der Waals surface area contributed by atoms with Crippen molar-refractivity contribution in [2.24, 2.45) is 5.92 Å². The number of ether oxygens (including phenoxy) is 1. The molecule has 0 aliphatic carbocycles. The van der Waals surface area contributed by atoms with Gasteiger partial charge in [0, 0.05) is 32.0 Å². The van der Waals surface area contributed by atoms with Crippen LogP contribution in [-0.4, -0.2) is 58.9 Å². The van der Waals surface area contributed by atoms with Crippen molar-refractivity contribution in [1.29, 1.82) is 0 Å². The van der Waals surface area contributed by atoms with Gasteiger partial charge in [-0.15, -0.1) is 0 Å². The number of benzene rings is 1. The summed E-state index contributed by atoms with van der Waals surface area (Å²) in [6.45, 7) is 6.18. The zero-order chi connectivity index (χ0) is 19.9. The molecule has 0 spiro atoms. The van der Waals surface area contributed by atoms with E-state index >= 15 is 0 Å². The van der Waals surface area contributed by atoms with Crippen LogP contribution in [0.5, 0.6) is 0 Å². The summed E-state index contributed by atoms with van der Waals surface area (Å²) in [5.41, 5.74) is 1.55. The molecule has 1 aromatic carbocycles. The van der Waals surface area contributed by atoms with Crippen LogP contribution in [0, 0.1) is 5.92 Å². The lowest BCUT2D eigenvalue weighted by Crippen LogP contribution is -2.40. The highest BCUT2D eigenvalue weighted by Gasteiger charge is 2.31. The van der Waals surface area contributed by atoms with Crippen molar-refractivity contribution < 1.29 is 14.3 Å². The van der Waals surface area contributed by atoms with E-state index in [-0.39, 0.29) is 24.5 Å². The molecule has 1 unspecified atom stereocenters. The molecule has 2 heterocycles. The van der Waals surface area contributed by atoms with E-state index in [1.165, 1.54) is 6.20 Å². The first-order chi connectivity index (χ1) is 13.5. The highest BCUT2D eigenvalue weighted by Crippen LogP contribution is 2.15. The van der Waals surface area contributed by atoms with Crippen LogP contribution < -0.4 is 0 Å². The van der Waals surface area contributed by atoms with Crippen LogP contribution in [0.2, 0.25) is 0 Å². The number of amides is 2. The molecule has 0 radical (unpaired) electrons. The monoisotopic (exact) mass is 381 g/mol. The molecule has 6 heteroatoms. The number of hydrogen-bond acceptors (Lipinski definition) is 4. The van der Waals surface area contributed by atoms with E-state index in [1.807, 2.05) is 35.2 Å². The normalized spacial score (nSPS) is 17.7. The third kappa shape index (κ3) is 5.39. The Hall–Kier alpha value is -2.73. The Bertz CT molecular complexity index is 780. The number of pyridine rings is 1. The topological polar surface area (TPSA) is 62.7 Å². The Balaban J connectivity index is 1.75. The highest BCUT2D eigenvalue weighted by molar-refractivity contribution is 5.96. The average Bonchev–Trinajstić information content (AvgIpc) is 2.86. The zero-order valence-electron chi connectivity index (χ0n) is 16.5. The van der Waals surface area contributed by atoms with E-state index in [0.29, 0.717) is 37.7 Å². The molecular formula is C22H27N3O3. The molecule has 1 saturated heterocycles. The van der Waals surface area contributed by atoms with Crippen LogP contribution in [0.1, 0.15) is 29.8 Å². The zero-order valence-corrected chi connectivity index (χ0v) is 16.5. The van der Waals surface area contributed by atoms with E-state index in [9.17, 15) is 9.59 Å². The molecule has 148 valence electrons. The number of aromatic nitrogens is 1. The lowest BCUT2D eigenvalue weighted by Gasteiger charge is -2.26. The lowest BCUT2D eigenvalue weighted by molar-refractivity contribution is -0.132. The average molecular weight is 381 g/mol. The van der Waals surface area contributed by atoms with Gasteiger partial charge >= 0.3 is 0 Å². The van der Waals surface area contributed by atoms with Gasteiger partial charge in [0.1, 0.15) is 6.54 Å². The second-order valence-electron chi connectivity index (χ2n) is 7.54. The van der Waals surface area contributed by atoms with Crippen molar-refractivity contribution >= 4 is 11.8 Å². The van der Waals surface area contributed by atoms with Gasteiger partial charge in [0.15, 0.2) is 0 Å². The van der Waals surface area contributed by atoms with Gasteiger partial charge in [-0.1, -0.05) is 44.2 Å². The summed E-state index contributed by atoms with van der Waals surface area (Å²) >= 11 is 0. The largest absolute Gasteiger partial charge is 0.370 e. The Morgan fingerprint density at radius 1 is 1.18 bits per heavy atom. The van der Waals surface area contributed by atoms with Gasteiger partial charge < -0.3 is 14.5 Å². The van der Waals surface area contributed by atoms with Gasteiger partial charge in [0.2, 0.25) is 5.91 Å². The van der Waals surface area contributed by atoms with Crippen LogP contribution in [0.3, 0.4) is 0 Å². The summed E-state index contributed by atoms with van der Waals surface area (Å²) in [6, 6.07) is 13.4. The van der Waals surface area contributed by atoms with E-state index < -0.39 is 0 Å². The minimum atomic E-state index is -0.244. The van der Waals surface area contributed by atoms with Gasteiger partial charge in [0.25, 0.3) is 5.91 Å². The Labute approximate surface area is 166 Å². The molecule has 2 aromatic rings. The van der Waals surface area contributed by atoms with E-state index in [4.69, 9.17) is 4.74 Å². The second kappa shape index (κ2) is 9.46. The molecular weight excluding hydrogens is 354 g/mol. The molecule has 3 rings (SSSR count). The summed E-state index contributed by atoms with van der Waals surface area (Å²) in [7, 11) is 0. The molecule has 0 saturated carbocycles. The number of carbonyl (C=O) groups is 2. The van der Waals surface area contributed by atoms with Crippen LogP contribution in [0.4, 0.5) is 0 Å². The summed E-state index contributed by atoms with van der Waals surface area (Å²) in [5, 5.41) is 0. The Kier molecular flexibility index (Phi) is 6.76. The molecule has 28 heavy (non-hydrogen) atoms. The van der Waals surface area contributed by atoms with Crippen LogP contribution >= 0.6 is 0 Å². The van der Waals surface area contributed by atoms with Crippen LogP contribution in [0.15, 0.2) is 54.9 Å². The summed E-state index contributed by atoms with van der Waals surface area (Å²) in [4.78, 5) is 33.1. The quantitative estimate of drug-likeness (QED) is 0.772. The molecule has 1 aromatic heterocycles. The SMILES string of the molecule is CC(C)CN1CC(OCc2ccccc2)CN(C(=O)c2cccnc2)CC1=O. The molecule has 0 N–H and O–H groups in total. The molecule has 6 nitrogen and oxygen atoms in total. The minimum Gasteiger partial charge on any atom is -0.370 e. The first-order valence-corrected chi connectivity index (χ1v) is 9.65. The molecule has 1 atom stereocenters. The Morgan fingerprint density at radius 3 is 2.64 bits per heavy atom. The Morgan fingerprint density at radius 2 is 1.96 bits per heavy atom. The smallest absolute Gasteiger partial charge is 0.255 e. The summed E-state index contributed by atoms with van der Waals surface area (Å²) in [5.74, 6) is 0.109. The maximum absolute atomic E-state index is 12.9. The summed E-state index contributed by atoms with van der Waals surface area (Å²) in [6.07, 6.45) is 2.91. The maximum Gasteiger partial charge on any atom is 0.255 e. The first-order valence-electron chi connectivity index (χ1n) is 9.65. The van der Waals surface area contributed by atoms with Gasteiger partial charge in [0.05, 0.1) is 18.3 Å². The van der Waals surface area contributed by atoms with Crippen LogP contribution in [-0.2, 0) is 16.1 Å². The predicted octanol–water partition coefficient (Wildman–Crippen LogP) is 2.61. The minimum absolute atomic E-state index is 0.0447. The third-order valence-corrected chi connectivity index (χ3v) is 4.64. The van der Waals surface area contributed by atoms with Crippen molar-refractivity contribution in [2.45, 2.75) is 26.6 Å². The molecule has 2 amide bonds. The fourth-order valence-corrected chi connectivity index (χ4v) is 3.32. The van der Waals surface area contributed by atoms with Gasteiger partial charge in [-0.2, -0.15) is 0 Å². The van der Waals surface area contributed by atoms with E-state index in [0.717, 1.165) is 5.56 Å². The van der Waals surface area contributed by atoms with Crippen molar-refractivity contribution in [1.82, 2.24) is 14.8 Å². The van der Waals surface area contributed by atoms with Crippen molar-refractivity contribution in [3.63, 3.8) is 0 Å². The lowest BCUT2D eigenvalue weighted by atomic mass is 10.2. The second-order valence-corrected chi connectivity index (χ2v) is 7.54. The standard InChI is InChI=1S/C22H27N3O3/c1-17(2)12-24-13-20(28-16-18-7-4-3-5-8-18)14-25(15-21(24)26)22(27)19-9-6-10-23-11-19/h3-11,17,20H,12-16H2,1-2H3. The molecule has 0 bridgehead atoms. The first kappa shape index (κ1) is 20.0. The fraction of sp³-hybridized carbons (Fsp3) is 0.409.